The van der Waals surface area contributed by atoms with Crippen molar-refractivity contribution in [3.8, 4) is 11.4 Å². The van der Waals surface area contributed by atoms with Gasteiger partial charge in [-0.25, -0.2) is 4.68 Å². The second-order valence-electron chi connectivity index (χ2n) is 7.39. The molecule has 1 fully saturated rings. The Morgan fingerprint density at radius 2 is 1.86 bits per heavy atom. The molecule has 0 atom stereocenters. The highest BCUT2D eigenvalue weighted by Crippen LogP contribution is 2.34. The number of carbonyl (C=O) groups excluding carboxylic acids is 1. The lowest BCUT2D eigenvalue weighted by atomic mass is 9.84. The van der Waals surface area contributed by atoms with Gasteiger partial charge in [0.1, 0.15) is 0 Å². The summed E-state index contributed by atoms with van der Waals surface area (Å²) in [5, 5.41) is 16.6. The molecule has 1 aromatic carbocycles. The van der Waals surface area contributed by atoms with Gasteiger partial charge in [-0.3, -0.25) is 9.59 Å². The van der Waals surface area contributed by atoms with Crippen LogP contribution in [-0.2, 0) is 0 Å². The summed E-state index contributed by atoms with van der Waals surface area (Å²) in [6.07, 6.45) is 3.51. The predicted octanol–water partition coefficient (Wildman–Crippen LogP) is 2.95. The van der Waals surface area contributed by atoms with E-state index in [0.29, 0.717) is 5.69 Å². The number of hydrogen-bond acceptors (Lipinski definition) is 5. The van der Waals surface area contributed by atoms with E-state index in [1.807, 2.05) is 38.1 Å². The minimum atomic E-state index is -0.780. The average Bonchev–Trinajstić information content (AvgIpc) is 2.70. The summed E-state index contributed by atoms with van der Waals surface area (Å²) in [4.78, 5) is 26.2. The normalized spacial score (nSPS) is 15.4. The van der Waals surface area contributed by atoms with Crippen molar-refractivity contribution in [1.82, 2.24) is 15.1 Å². The van der Waals surface area contributed by atoms with E-state index < -0.39 is 17.1 Å². The molecule has 28 heavy (non-hydrogen) atoms. The summed E-state index contributed by atoms with van der Waals surface area (Å²) >= 11 is 0. The third kappa shape index (κ3) is 4.52. The van der Waals surface area contributed by atoms with E-state index in [2.05, 4.69) is 29.2 Å². The average molecular weight is 386 g/mol. The van der Waals surface area contributed by atoms with Crippen LogP contribution in [0.1, 0.15) is 51.0 Å². The van der Waals surface area contributed by atoms with Gasteiger partial charge in [-0.05, 0) is 30.4 Å². The van der Waals surface area contributed by atoms with Crippen LogP contribution in [0, 0.1) is 5.41 Å². The summed E-state index contributed by atoms with van der Waals surface area (Å²) in [6.45, 7) is 10.3. The van der Waals surface area contributed by atoms with Gasteiger partial charge in [-0.1, -0.05) is 39.8 Å². The maximum atomic E-state index is 12.0. The summed E-state index contributed by atoms with van der Waals surface area (Å²) < 4.78 is 1.40. The van der Waals surface area contributed by atoms with E-state index in [1.165, 1.54) is 24.3 Å². The molecule has 0 saturated carbocycles. The number of aromatic hydroxyl groups is 1. The molecule has 152 valence electrons. The third-order valence-corrected chi connectivity index (χ3v) is 4.71. The first-order valence-corrected chi connectivity index (χ1v) is 9.72. The van der Waals surface area contributed by atoms with Crippen LogP contribution < -0.4 is 15.6 Å². The fourth-order valence-corrected chi connectivity index (χ4v) is 3.42. The molecule has 1 amide bonds. The first kappa shape index (κ1) is 21.5. The molecule has 3 rings (SSSR count). The van der Waals surface area contributed by atoms with Crippen LogP contribution in [0.25, 0.3) is 5.69 Å². The minimum Gasteiger partial charge on any atom is -0.503 e. The highest BCUT2D eigenvalue weighted by molar-refractivity contribution is 5.92. The number of benzene rings is 1. The maximum Gasteiger partial charge on any atom is 0.275 e. The van der Waals surface area contributed by atoms with Crippen LogP contribution in [0.2, 0.25) is 0 Å². The third-order valence-electron chi connectivity index (χ3n) is 4.71. The zero-order valence-electron chi connectivity index (χ0n) is 17.3. The van der Waals surface area contributed by atoms with Gasteiger partial charge in [0.15, 0.2) is 11.4 Å². The molecule has 2 aromatic rings. The van der Waals surface area contributed by atoms with Gasteiger partial charge in [-0.15, -0.1) is 0 Å². The van der Waals surface area contributed by atoms with E-state index in [9.17, 15) is 14.7 Å². The van der Waals surface area contributed by atoms with Crippen LogP contribution in [0.4, 0.5) is 5.69 Å². The summed E-state index contributed by atoms with van der Waals surface area (Å²) in [7, 11) is 1.42. The standard InChI is InChI=1S/C19H24N4O3.C2H6/c1-19(2)9-6-10-22(12-19)13-7-4-5-8-14(13)23-11-15(24)17(25)16(21-23)18(26)20-3;1-2/h4-5,7-8,11,24H,6,9-10,12H2,1-3H3,(H,20,26);1-2H3. The number of hydrogen-bond donors (Lipinski definition) is 2. The number of para-hydroxylation sites is 2. The van der Waals surface area contributed by atoms with Crippen molar-refractivity contribution in [1.29, 1.82) is 0 Å². The summed E-state index contributed by atoms with van der Waals surface area (Å²) in [5.41, 5.74) is 0.764. The molecule has 0 radical (unpaired) electrons. The molecule has 0 aliphatic carbocycles. The maximum absolute atomic E-state index is 12.0. The number of anilines is 1. The number of nitrogens with zero attached hydrogens (tertiary/aromatic N) is 3. The van der Waals surface area contributed by atoms with Crippen LogP contribution >= 0.6 is 0 Å². The van der Waals surface area contributed by atoms with Crippen LogP contribution in [-0.4, -0.2) is 40.9 Å². The molecular weight excluding hydrogens is 356 g/mol. The van der Waals surface area contributed by atoms with Gasteiger partial charge in [-0.2, -0.15) is 5.10 Å². The fraction of sp³-hybridized carbons (Fsp3) is 0.476. The van der Waals surface area contributed by atoms with E-state index in [1.54, 1.807) is 0 Å². The van der Waals surface area contributed by atoms with E-state index >= 15 is 0 Å². The number of piperidine rings is 1. The zero-order valence-corrected chi connectivity index (χ0v) is 17.3. The quantitative estimate of drug-likeness (QED) is 0.847. The molecule has 1 aromatic heterocycles. The minimum absolute atomic E-state index is 0.206. The lowest BCUT2D eigenvalue weighted by Crippen LogP contribution is -2.40. The Bertz CT molecular complexity index is 889. The summed E-state index contributed by atoms with van der Waals surface area (Å²) in [5.74, 6) is -1.14. The molecule has 0 unspecified atom stereocenters. The van der Waals surface area contributed by atoms with Gasteiger partial charge in [0.05, 0.1) is 17.6 Å². The lowest BCUT2D eigenvalue weighted by molar-refractivity contribution is 0.0954. The van der Waals surface area contributed by atoms with Gasteiger partial charge in [0, 0.05) is 20.1 Å². The number of amides is 1. The van der Waals surface area contributed by atoms with Crippen LogP contribution in [0.3, 0.4) is 0 Å². The highest BCUT2D eigenvalue weighted by atomic mass is 16.3. The first-order chi connectivity index (χ1) is 13.3. The lowest BCUT2D eigenvalue weighted by Gasteiger charge is -2.40. The Kier molecular flexibility index (Phi) is 6.83. The Morgan fingerprint density at radius 1 is 1.21 bits per heavy atom. The molecular formula is C21H30N4O3. The highest BCUT2D eigenvalue weighted by Gasteiger charge is 2.28. The van der Waals surface area contributed by atoms with Crippen molar-refractivity contribution in [2.45, 2.75) is 40.5 Å². The monoisotopic (exact) mass is 386 g/mol. The van der Waals surface area contributed by atoms with Crippen molar-refractivity contribution in [3.63, 3.8) is 0 Å². The smallest absolute Gasteiger partial charge is 0.275 e. The SMILES string of the molecule is CC.CNC(=O)c1nn(-c2ccccc2N2CCCC(C)(C)C2)cc(O)c1=O. The number of carbonyl (C=O) groups is 1. The van der Waals surface area contributed by atoms with Gasteiger partial charge in [0.25, 0.3) is 11.3 Å². The van der Waals surface area contributed by atoms with Crippen LogP contribution in [0.5, 0.6) is 5.75 Å². The van der Waals surface area contributed by atoms with Crippen molar-refractivity contribution < 1.29 is 9.90 Å². The van der Waals surface area contributed by atoms with Crippen molar-refractivity contribution in [2.75, 3.05) is 25.0 Å². The molecule has 7 heteroatoms. The first-order valence-electron chi connectivity index (χ1n) is 9.72. The van der Waals surface area contributed by atoms with Crippen molar-refractivity contribution in [2.24, 2.45) is 5.41 Å². The van der Waals surface area contributed by atoms with Gasteiger partial charge in [0.2, 0.25) is 0 Å². The molecule has 0 bridgehead atoms. The van der Waals surface area contributed by atoms with Gasteiger partial charge < -0.3 is 15.3 Å². The largest absolute Gasteiger partial charge is 0.503 e. The molecule has 1 aliphatic rings. The predicted molar refractivity (Wildman–Crippen MR) is 111 cm³/mol. The molecule has 1 aliphatic heterocycles. The molecule has 2 N–H and O–H groups in total. The molecule has 0 spiro atoms. The number of rotatable bonds is 3. The Balaban J connectivity index is 0.00000136. The van der Waals surface area contributed by atoms with Crippen LogP contribution in [0.15, 0.2) is 35.3 Å². The topological polar surface area (TPSA) is 87.5 Å². The number of nitrogens with one attached hydrogen (secondary N) is 1. The molecule has 2 heterocycles. The summed E-state index contributed by atoms with van der Waals surface area (Å²) in [6, 6.07) is 7.67. The molecule has 7 nitrogen and oxygen atoms in total. The Morgan fingerprint density at radius 3 is 2.46 bits per heavy atom. The fourth-order valence-electron chi connectivity index (χ4n) is 3.42. The van der Waals surface area contributed by atoms with E-state index in [0.717, 1.165) is 25.2 Å². The van der Waals surface area contributed by atoms with Crippen molar-refractivity contribution >= 4 is 11.6 Å². The second kappa shape index (κ2) is 8.91. The second-order valence-corrected chi connectivity index (χ2v) is 7.39. The molecule has 1 saturated heterocycles. The number of aromatic nitrogens is 2. The Hall–Kier alpha value is -2.83. The Labute approximate surface area is 166 Å². The van der Waals surface area contributed by atoms with E-state index in [4.69, 9.17) is 0 Å². The zero-order chi connectivity index (χ0) is 20.9. The van der Waals surface area contributed by atoms with Crippen molar-refractivity contribution in [3.05, 3.63) is 46.4 Å². The van der Waals surface area contributed by atoms with Gasteiger partial charge >= 0.3 is 0 Å². The van der Waals surface area contributed by atoms with E-state index in [-0.39, 0.29) is 11.1 Å².